The van der Waals surface area contributed by atoms with Crippen LogP contribution in [0.15, 0.2) is 40.6 Å². The molecule has 0 heterocycles. The molecule has 10 nitrogen and oxygen atoms in total. The molecule has 2 aromatic rings. The molecule has 28 heavy (non-hydrogen) atoms. The molecule has 0 amide bonds. The Morgan fingerprint density at radius 3 is 2.32 bits per heavy atom. The van der Waals surface area contributed by atoms with Crippen LogP contribution in [0.4, 0.5) is 11.4 Å². The zero-order chi connectivity index (χ0) is 21.1. The minimum atomic E-state index is -3.88. The Hall–Kier alpha value is -3.47. The number of phenols is 1. The zero-order valence-electron chi connectivity index (χ0n) is 15.0. The van der Waals surface area contributed by atoms with Gasteiger partial charge in [-0.2, -0.15) is 13.5 Å². The Balaban J connectivity index is 2.49. The van der Waals surface area contributed by atoms with E-state index in [1.165, 1.54) is 30.3 Å². The number of aromatic hydroxyl groups is 1. The van der Waals surface area contributed by atoms with Crippen LogP contribution in [0, 0.1) is 6.92 Å². The molecule has 0 unspecified atom stereocenters. The van der Waals surface area contributed by atoms with Crippen LogP contribution in [0.25, 0.3) is 0 Å². The van der Waals surface area contributed by atoms with Crippen molar-refractivity contribution in [3.8, 4) is 11.5 Å². The molecular formula is C17H16N2O8S. The first-order chi connectivity index (χ1) is 13.0. The molecular weight excluding hydrogens is 392 g/mol. The van der Waals surface area contributed by atoms with Crippen molar-refractivity contribution in [2.75, 3.05) is 13.4 Å². The van der Waals surface area contributed by atoms with Crippen molar-refractivity contribution in [1.29, 1.82) is 0 Å². The average molecular weight is 408 g/mol. The Kier molecular flexibility index (Phi) is 5.99. The van der Waals surface area contributed by atoms with Crippen molar-refractivity contribution >= 4 is 33.4 Å². The fourth-order valence-corrected chi connectivity index (χ4v) is 2.64. The number of benzene rings is 2. The molecule has 2 aromatic carbocycles. The van der Waals surface area contributed by atoms with Gasteiger partial charge >= 0.3 is 22.1 Å². The van der Waals surface area contributed by atoms with E-state index in [0.717, 1.165) is 13.4 Å². The molecule has 11 heteroatoms. The van der Waals surface area contributed by atoms with Gasteiger partial charge in [0.05, 0.1) is 19.1 Å². The van der Waals surface area contributed by atoms with E-state index in [1.807, 2.05) is 0 Å². The summed E-state index contributed by atoms with van der Waals surface area (Å²) in [4.78, 5) is 23.0. The molecule has 0 bridgehead atoms. The third-order valence-corrected chi connectivity index (χ3v) is 3.94. The number of ether oxygens (including phenoxy) is 1. The molecule has 148 valence electrons. The van der Waals surface area contributed by atoms with Gasteiger partial charge in [0, 0.05) is 0 Å². The van der Waals surface area contributed by atoms with Crippen molar-refractivity contribution in [3.05, 3.63) is 47.0 Å². The van der Waals surface area contributed by atoms with Crippen LogP contribution < -0.4 is 4.18 Å². The number of methoxy groups -OCH3 is 1. The molecule has 0 spiro atoms. The fraction of sp³-hybridized carbons (Fsp3) is 0.176. The lowest BCUT2D eigenvalue weighted by molar-refractivity contribution is 0.0598. The van der Waals surface area contributed by atoms with Crippen molar-refractivity contribution in [1.82, 2.24) is 0 Å². The van der Waals surface area contributed by atoms with E-state index in [-0.39, 0.29) is 28.3 Å². The van der Waals surface area contributed by atoms with Crippen LogP contribution in [-0.4, -0.2) is 43.9 Å². The SMILES string of the molecule is COC(=O)c1cc(N=Nc2c(C)ccc(C(=O)O)c2O)ccc1OS(C)(=O)=O. The molecule has 0 aliphatic carbocycles. The summed E-state index contributed by atoms with van der Waals surface area (Å²) < 4.78 is 32.0. The number of hydrogen-bond donors (Lipinski definition) is 2. The number of rotatable bonds is 6. The third kappa shape index (κ3) is 4.82. The molecule has 0 fully saturated rings. The molecule has 2 N–H and O–H groups in total. The number of hydrogen-bond acceptors (Lipinski definition) is 9. The van der Waals surface area contributed by atoms with Gasteiger partial charge in [-0.3, -0.25) is 0 Å². The third-order valence-electron chi connectivity index (χ3n) is 3.46. The van der Waals surface area contributed by atoms with Gasteiger partial charge in [-0.1, -0.05) is 6.07 Å². The fourth-order valence-electron chi connectivity index (χ4n) is 2.17. The van der Waals surface area contributed by atoms with E-state index >= 15 is 0 Å². The Bertz CT molecular complexity index is 1080. The van der Waals surface area contributed by atoms with E-state index in [2.05, 4.69) is 15.0 Å². The topological polar surface area (TPSA) is 152 Å². The maximum atomic E-state index is 11.9. The number of azo groups is 1. The molecule has 0 saturated carbocycles. The number of carbonyl (C=O) groups is 2. The number of carboxylic acid groups (broad SMARTS) is 1. The standard InChI is InChI=1S/C17H16N2O8S/c1-9-4-6-11(16(21)22)15(20)14(9)19-18-10-5-7-13(27-28(3,24)25)12(8-10)17(23)26-2/h4-8,20H,1-3H3,(H,21,22). The van der Waals surface area contributed by atoms with Crippen molar-refractivity contribution in [2.24, 2.45) is 10.2 Å². The van der Waals surface area contributed by atoms with Gasteiger partial charge in [0.1, 0.15) is 16.8 Å². The van der Waals surface area contributed by atoms with Crippen LogP contribution in [0.5, 0.6) is 11.5 Å². The van der Waals surface area contributed by atoms with E-state index in [0.29, 0.717) is 5.56 Å². The predicted molar refractivity (Wildman–Crippen MR) is 97.2 cm³/mol. The summed E-state index contributed by atoms with van der Waals surface area (Å²) in [6.07, 6.45) is 0.822. The van der Waals surface area contributed by atoms with Crippen LogP contribution in [0.3, 0.4) is 0 Å². The first kappa shape index (κ1) is 20.8. The molecule has 0 aliphatic heterocycles. The number of carboxylic acids is 1. The summed E-state index contributed by atoms with van der Waals surface area (Å²) in [6, 6.07) is 6.40. The highest BCUT2D eigenvalue weighted by molar-refractivity contribution is 7.86. The highest BCUT2D eigenvalue weighted by Gasteiger charge is 2.18. The Labute approximate surface area is 160 Å². The van der Waals surface area contributed by atoms with E-state index in [9.17, 15) is 23.1 Å². The number of aryl methyl sites for hydroxylation is 1. The highest BCUT2D eigenvalue weighted by atomic mass is 32.2. The molecule has 0 aliphatic rings. The van der Waals surface area contributed by atoms with Gasteiger partial charge in [-0.15, -0.1) is 5.11 Å². The van der Waals surface area contributed by atoms with Crippen LogP contribution in [-0.2, 0) is 14.9 Å². The normalized spacial score (nSPS) is 11.4. The zero-order valence-corrected chi connectivity index (χ0v) is 15.8. The summed E-state index contributed by atoms with van der Waals surface area (Å²) in [5.74, 6) is -2.99. The molecule has 0 aromatic heterocycles. The maximum absolute atomic E-state index is 11.9. The lowest BCUT2D eigenvalue weighted by Crippen LogP contribution is -2.10. The molecule has 2 rings (SSSR count). The predicted octanol–water partition coefficient (Wildman–Crippen LogP) is 2.94. The van der Waals surface area contributed by atoms with E-state index in [1.54, 1.807) is 6.92 Å². The number of esters is 1. The smallest absolute Gasteiger partial charge is 0.341 e. The summed E-state index contributed by atoms with van der Waals surface area (Å²) in [5.41, 5.74) is -0.0236. The highest BCUT2D eigenvalue weighted by Crippen LogP contribution is 2.35. The minimum absolute atomic E-state index is 0.0593. The van der Waals surface area contributed by atoms with Crippen LogP contribution in [0.1, 0.15) is 26.3 Å². The lowest BCUT2D eigenvalue weighted by atomic mass is 10.1. The summed E-state index contributed by atoms with van der Waals surface area (Å²) >= 11 is 0. The van der Waals surface area contributed by atoms with Gasteiger partial charge in [-0.05, 0) is 36.8 Å². The second kappa shape index (κ2) is 8.05. The quantitative estimate of drug-likeness (QED) is 0.420. The largest absolute Gasteiger partial charge is 0.505 e. The minimum Gasteiger partial charge on any atom is -0.505 e. The summed E-state index contributed by atoms with van der Waals surface area (Å²) in [6.45, 7) is 1.60. The first-order valence-electron chi connectivity index (χ1n) is 7.63. The number of carbonyl (C=O) groups excluding carboxylic acids is 1. The van der Waals surface area contributed by atoms with Gasteiger partial charge < -0.3 is 19.1 Å². The summed E-state index contributed by atoms with van der Waals surface area (Å²) in [7, 11) is -2.77. The second-order valence-corrected chi connectivity index (χ2v) is 7.17. The molecule has 0 saturated heterocycles. The second-order valence-electron chi connectivity index (χ2n) is 5.59. The van der Waals surface area contributed by atoms with Gasteiger partial charge in [0.2, 0.25) is 0 Å². The van der Waals surface area contributed by atoms with Gasteiger partial charge in [-0.25, -0.2) is 9.59 Å². The molecule has 0 radical (unpaired) electrons. The van der Waals surface area contributed by atoms with Crippen molar-refractivity contribution in [3.63, 3.8) is 0 Å². The summed E-state index contributed by atoms with van der Waals surface area (Å²) in [5, 5.41) is 26.9. The van der Waals surface area contributed by atoms with Crippen molar-refractivity contribution < 1.29 is 37.1 Å². The maximum Gasteiger partial charge on any atom is 0.341 e. The Morgan fingerprint density at radius 1 is 1.07 bits per heavy atom. The Morgan fingerprint density at radius 2 is 1.75 bits per heavy atom. The van der Waals surface area contributed by atoms with Gasteiger partial charge in [0.25, 0.3) is 0 Å². The number of aromatic carboxylic acids is 1. The average Bonchev–Trinajstić information content (AvgIpc) is 2.60. The number of nitrogens with zero attached hydrogens (tertiary/aromatic N) is 2. The van der Waals surface area contributed by atoms with Gasteiger partial charge in [0.15, 0.2) is 11.5 Å². The van der Waals surface area contributed by atoms with E-state index in [4.69, 9.17) is 9.29 Å². The van der Waals surface area contributed by atoms with Crippen LogP contribution >= 0.6 is 0 Å². The monoisotopic (exact) mass is 408 g/mol. The lowest BCUT2D eigenvalue weighted by Gasteiger charge is -2.09. The molecule has 0 atom stereocenters. The van der Waals surface area contributed by atoms with Crippen molar-refractivity contribution in [2.45, 2.75) is 6.92 Å². The van der Waals surface area contributed by atoms with Crippen LogP contribution in [0.2, 0.25) is 0 Å². The van der Waals surface area contributed by atoms with E-state index < -0.39 is 27.8 Å². The first-order valence-corrected chi connectivity index (χ1v) is 9.44.